The van der Waals surface area contributed by atoms with Crippen molar-refractivity contribution in [2.24, 2.45) is 0 Å². The number of carbonyl (C=O) groups excluding carboxylic acids is 3. The van der Waals surface area contributed by atoms with Gasteiger partial charge in [-0.1, -0.05) is 36.4 Å². The molecule has 0 aromatic heterocycles. The molecule has 0 radical (unpaired) electrons. The summed E-state index contributed by atoms with van der Waals surface area (Å²) in [7, 11) is 0. The Hall–Kier alpha value is -4.07. The van der Waals surface area contributed by atoms with E-state index in [0.29, 0.717) is 17.4 Å². The van der Waals surface area contributed by atoms with E-state index in [4.69, 9.17) is 1.37 Å². The highest BCUT2D eigenvalue weighted by Crippen LogP contribution is 2.16. The summed E-state index contributed by atoms with van der Waals surface area (Å²) in [6.07, 6.45) is -1.66. The molecule has 1 unspecified atom stereocenters. The third kappa shape index (κ3) is 6.73. The molecule has 3 aromatic carbocycles. The van der Waals surface area contributed by atoms with Crippen LogP contribution in [0, 0.1) is 11.6 Å². The van der Waals surface area contributed by atoms with Crippen molar-refractivity contribution in [1.82, 2.24) is 5.32 Å². The minimum Gasteiger partial charge on any atom is -0.345 e. The summed E-state index contributed by atoms with van der Waals surface area (Å²) in [5.41, 5.74) is 0.707. The topological polar surface area (TPSA) is 78.5 Å². The van der Waals surface area contributed by atoms with E-state index in [1.165, 1.54) is 0 Å². The first-order valence-electron chi connectivity index (χ1n) is 10.3. The standard InChI is InChI=1S/C24H21F2N3O3/c25-18-11-17(12-19(26)14-18)13-24(32)29(21-9-5-2-6-10-21)16-23(31)27-15-22(30)28-20-7-3-1-4-8-20/h1-12,14H,13,15-16H2,(H,27,31)(H,28,30)/i13D. The SMILES string of the molecule is [2H]C(C(=O)N(CC(=O)NCC(=O)Nc1ccccc1)c1ccccc1)c1cc(F)cc(F)c1. The number of nitrogens with zero attached hydrogens (tertiary/aromatic N) is 1. The van der Waals surface area contributed by atoms with Crippen LogP contribution in [0.15, 0.2) is 78.9 Å². The largest absolute Gasteiger partial charge is 0.345 e. The fourth-order valence-corrected chi connectivity index (χ4v) is 2.89. The van der Waals surface area contributed by atoms with Gasteiger partial charge in [0, 0.05) is 18.8 Å². The van der Waals surface area contributed by atoms with Crippen LogP contribution < -0.4 is 15.5 Å². The van der Waals surface area contributed by atoms with Gasteiger partial charge in [0.15, 0.2) is 0 Å². The number of para-hydroxylation sites is 2. The van der Waals surface area contributed by atoms with Crippen molar-refractivity contribution in [2.75, 3.05) is 23.3 Å². The van der Waals surface area contributed by atoms with Crippen LogP contribution in [0.3, 0.4) is 0 Å². The van der Waals surface area contributed by atoms with Crippen LogP contribution in [0.25, 0.3) is 0 Å². The number of halogens is 2. The molecule has 0 aliphatic heterocycles. The van der Waals surface area contributed by atoms with Crippen molar-refractivity contribution in [1.29, 1.82) is 0 Å². The average Bonchev–Trinajstić information content (AvgIpc) is 2.81. The van der Waals surface area contributed by atoms with Crippen LogP contribution in [-0.4, -0.2) is 30.8 Å². The van der Waals surface area contributed by atoms with Crippen LogP contribution in [0.1, 0.15) is 6.93 Å². The molecule has 0 spiro atoms. The predicted molar refractivity (Wildman–Crippen MR) is 117 cm³/mol. The molecule has 3 rings (SSSR count). The van der Waals surface area contributed by atoms with Crippen LogP contribution >= 0.6 is 0 Å². The zero-order valence-corrected chi connectivity index (χ0v) is 16.9. The summed E-state index contributed by atoms with van der Waals surface area (Å²) >= 11 is 0. The summed E-state index contributed by atoms with van der Waals surface area (Å²) in [5, 5.41) is 5.05. The molecule has 3 amide bonds. The normalized spacial score (nSPS) is 11.8. The van der Waals surface area contributed by atoms with Gasteiger partial charge in [0.1, 0.15) is 18.2 Å². The van der Waals surface area contributed by atoms with E-state index in [2.05, 4.69) is 10.6 Å². The minimum atomic E-state index is -1.66. The highest BCUT2D eigenvalue weighted by molar-refractivity contribution is 6.01. The fourth-order valence-electron chi connectivity index (χ4n) is 2.89. The molecule has 0 saturated carbocycles. The molecule has 0 bridgehead atoms. The lowest BCUT2D eigenvalue weighted by Gasteiger charge is -2.22. The van der Waals surface area contributed by atoms with Crippen molar-refractivity contribution in [3.63, 3.8) is 0 Å². The Labute approximate surface area is 185 Å². The molecule has 6 nitrogen and oxygen atoms in total. The smallest absolute Gasteiger partial charge is 0.243 e. The van der Waals surface area contributed by atoms with Gasteiger partial charge < -0.3 is 15.5 Å². The van der Waals surface area contributed by atoms with E-state index in [-0.39, 0.29) is 12.1 Å². The summed E-state index contributed by atoms with van der Waals surface area (Å²) in [6.45, 7) is -0.821. The molecular weight excluding hydrogens is 416 g/mol. The van der Waals surface area contributed by atoms with Crippen molar-refractivity contribution in [2.45, 2.75) is 6.40 Å². The van der Waals surface area contributed by atoms with E-state index in [1.54, 1.807) is 60.7 Å². The fraction of sp³-hybridized carbons (Fsp3) is 0.125. The van der Waals surface area contributed by atoms with Gasteiger partial charge in [-0.3, -0.25) is 14.4 Å². The van der Waals surface area contributed by atoms with Gasteiger partial charge in [-0.25, -0.2) is 8.78 Å². The monoisotopic (exact) mass is 438 g/mol. The summed E-state index contributed by atoms with van der Waals surface area (Å²) in [4.78, 5) is 38.6. The number of nitrogens with one attached hydrogen (secondary N) is 2. The maximum atomic E-state index is 13.6. The van der Waals surface area contributed by atoms with Crippen LogP contribution in [0.2, 0.25) is 0 Å². The van der Waals surface area contributed by atoms with Gasteiger partial charge in [-0.05, 0) is 42.0 Å². The minimum absolute atomic E-state index is 0.180. The van der Waals surface area contributed by atoms with Gasteiger partial charge in [0.05, 0.1) is 12.9 Å². The summed E-state index contributed by atoms with van der Waals surface area (Å²) in [5.74, 6) is -3.78. The van der Waals surface area contributed by atoms with Gasteiger partial charge in [0.2, 0.25) is 17.7 Å². The Balaban J connectivity index is 1.69. The third-order valence-corrected chi connectivity index (χ3v) is 4.31. The lowest BCUT2D eigenvalue weighted by molar-refractivity contribution is -0.125. The number of anilines is 2. The summed E-state index contributed by atoms with van der Waals surface area (Å²) < 4.78 is 35.3. The maximum Gasteiger partial charge on any atom is 0.243 e. The van der Waals surface area contributed by atoms with E-state index in [9.17, 15) is 23.2 Å². The van der Waals surface area contributed by atoms with E-state index in [1.807, 2.05) is 0 Å². The van der Waals surface area contributed by atoms with Crippen LogP contribution in [0.4, 0.5) is 20.2 Å². The van der Waals surface area contributed by atoms with Crippen molar-refractivity contribution >= 4 is 29.1 Å². The Morgan fingerprint density at radius 2 is 1.44 bits per heavy atom. The maximum absolute atomic E-state index is 13.6. The number of benzene rings is 3. The molecule has 0 aliphatic rings. The lowest BCUT2D eigenvalue weighted by Crippen LogP contribution is -2.43. The van der Waals surface area contributed by atoms with Crippen LogP contribution in [-0.2, 0) is 20.8 Å². The second-order valence-corrected chi connectivity index (χ2v) is 6.80. The Kier molecular flexibility index (Phi) is 7.15. The zero-order chi connectivity index (χ0) is 23.8. The molecule has 2 N–H and O–H groups in total. The Morgan fingerprint density at radius 3 is 2.06 bits per heavy atom. The number of rotatable bonds is 8. The molecule has 0 heterocycles. The number of hydrogen-bond acceptors (Lipinski definition) is 3. The average molecular weight is 438 g/mol. The van der Waals surface area contributed by atoms with Crippen molar-refractivity contribution in [3.05, 3.63) is 96.1 Å². The highest BCUT2D eigenvalue weighted by atomic mass is 19.1. The molecule has 0 fully saturated rings. The molecular formula is C24H21F2N3O3. The predicted octanol–water partition coefficient (Wildman–Crippen LogP) is 3.30. The first-order valence-corrected chi connectivity index (χ1v) is 9.70. The molecule has 32 heavy (non-hydrogen) atoms. The highest BCUT2D eigenvalue weighted by Gasteiger charge is 2.20. The van der Waals surface area contributed by atoms with E-state index < -0.39 is 42.3 Å². The molecule has 3 aromatic rings. The van der Waals surface area contributed by atoms with Crippen molar-refractivity contribution in [3.8, 4) is 0 Å². The van der Waals surface area contributed by atoms with E-state index >= 15 is 0 Å². The number of amides is 3. The second-order valence-electron chi connectivity index (χ2n) is 6.80. The Morgan fingerprint density at radius 1 is 0.844 bits per heavy atom. The van der Waals surface area contributed by atoms with E-state index in [0.717, 1.165) is 17.0 Å². The lowest BCUT2D eigenvalue weighted by atomic mass is 10.1. The van der Waals surface area contributed by atoms with Gasteiger partial charge in [-0.2, -0.15) is 0 Å². The second kappa shape index (κ2) is 10.8. The quantitative estimate of drug-likeness (QED) is 0.567. The van der Waals surface area contributed by atoms with Crippen molar-refractivity contribution < 1.29 is 24.5 Å². The first kappa shape index (κ1) is 21.2. The number of carbonyl (C=O) groups is 3. The zero-order valence-electron chi connectivity index (χ0n) is 17.9. The molecule has 1 atom stereocenters. The van der Waals surface area contributed by atoms with Gasteiger partial charge in [-0.15, -0.1) is 0 Å². The summed E-state index contributed by atoms with van der Waals surface area (Å²) in [6, 6.07) is 19.2. The van der Waals surface area contributed by atoms with Gasteiger partial charge in [0.25, 0.3) is 0 Å². The number of hydrogen-bond donors (Lipinski definition) is 2. The van der Waals surface area contributed by atoms with Gasteiger partial charge >= 0.3 is 0 Å². The Bertz CT molecular complexity index is 1110. The van der Waals surface area contributed by atoms with Crippen LogP contribution in [0.5, 0.6) is 0 Å². The molecule has 8 heteroatoms. The molecule has 0 saturated heterocycles. The first-order chi connectivity index (χ1) is 15.8. The molecule has 0 aliphatic carbocycles. The third-order valence-electron chi connectivity index (χ3n) is 4.31. The molecule has 164 valence electrons.